The SMILES string of the molecule is COc1cccc(CNS(=O)(=O)c2csc(-c3ccc(F)cc3)n2)c1. The van der Waals surface area contributed by atoms with E-state index >= 15 is 0 Å². The molecule has 0 unspecified atom stereocenters. The zero-order chi connectivity index (χ0) is 17.9. The van der Waals surface area contributed by atoms with Crippen molar-refractivity contribution in [2.24, 2.45) is 0 Å². The number of nitrogens with zero attached hydrogens (tertiary/aromatic N) is 1. The number of sulfonamides is 1. The van der Waals surface area contributed by atoms with Gasteiger partial charge in [0.25, 0.3) is 10.0 Å². The van der Waals surface area contributed by atoms with Gasteiger partial charge in [-0.2, -0.15) is 0 Å². The van der Waals surface area contributed by atoms with E-state index in [1.165, 1.54) is 28.8 Å². The molecule has 0 saturated heterocycles. The Kier molecular flexibility index (Phi) is 5.12. The van der Waals surface area contributed by atoms with Crippen LogP contribution in [0.4, 0.5) is 4.39 Å². The van der Waals surface area contributed by atoms with Crippen molar-refractivity contribution in [3.05, 3.63) is 65.3 Å². The number of rotatable bonds is 6. The van der Waals surface area contributed by atoms with Crippen LogP contribution in [0, 0.1) is 5.82 Å². The molecule has 0 aliphatic rings. The molecule has 0 amide bonds. The molecule has 25 heavy (non-hydrogen) atoms. The highest BCUT2D eigenvalue weighted by Crippen LogP contribution is 2.25. The molecule has 0 saturated carbocycles. The maximum atomic E-state index is 13.0. The first-order valence-electron chi connectivity index (χ1n) is 7.32. The third-order valence-electron chi connectivity index (χ3n) is 3.45. The number of hydrogen-bond donors (Lipinski definition) is 1. The number of aromatic nitrogens is 1. The van der Waals surface area contributed by atoms with Gasteiger partial charge in [-0.15, -0.1) is 11.3 Å². The van der Waals surface area contributed by atoms with Crippen molar-refractivity contribution in [3.8, 4) is 16.3 Å². The molecule has 8 heteroatoms. The molecule has 0 atom stereocenters. The fourth-order valence-corrected chi connectivity index (χ4v) is 4.26. The molecule has 0 fully saturated rings. The van der Waals surface area contributed by atoms with Gasteiger partial charge in [0.05, 0.1) is 7.11 Å². The molecule has 3 aromatic rings. The van der Waals surface area contributed by atoms with E-state index in [0.717, 1.165) is 5.56 Å². The maximum absolute atomic E-state index is 13.0. The molecular formula is C17H15FN2O3S2. The summed E-state index contributed by atoms with van der Waals surface area (Å²) in [5.41, 5.74) is 1.44. The lowest BCUT2D eigenvalue weighted by Gasteiger charge is -2.06. The highest BCUT2D eigenvalue weighted by Gasteiger charge is 2.18. The lowest BCUT2D eigenvalue weighted by atomic mass is 10.2. The van der Waals surface area contributed by atoms with Crippen molar-refractivity contribution < 1.29 is 17.5 Å². The Balaban J connectivity index is 1.75. The van der Waals surface area contributed by atoms with Gasteiger partial charge in [-0.3, -0.25) is 0 Å². The Labute approximate surface area is 149 Å². The van der Waals surface area contributed by atoms with Crippen LogP contribution in [0.25, 0.3) is 10.6 Å². The molecule has 1 heterocycles. The predicted octanol–water partition coefficient (Wildman–Crippen LogP) is 3.44. The van der Waals surface area contributed by atoms with E-state index in [2.05, 4.69) is 9.71 Å². The van der Waals surface area contributed by atoms with Gasteiger partial charge in [-0.25, -0.2) is 22.5 Å². The van der Waals surface area contributed by atoms with Crippen molar-refractivity contribution in [1.82, 2.24) is 9.71 Å². The zero-order valence-electron chi connectivity index (χ0n) is 13.3. The van der Waals surface area contributed by atoms with Crippen molar-refractivity contribution >= 4 is 21.4 Å². The molecular weight excluding hydrogens is 363 g/mol. The number of methoxy groups -OCH3 is 1. The number of halogens is 1. The van der Waals surface area contributed by atoms with E-state index in [9.17, 15) is 12.8 Å². The lowest BCUT2D eigenvalue weighted by molar-refractivity contribution is 0.414. The third kappa shape index (κ3) is 4.22. The monoisotopic (exact) mass is 378 g/mol. The van der Waals surface area contributed by atoms with Crippen molar-refractivity contribution in [2.45, 2.75) is 11.6 Å². The van der Waals surface area contributed by atoms with Crippen molar-refractivity contribution in [3.63, 3.8) is 0 Å². The van der Waals surface area contributed by atoms with Crippen molar-refractivity contribution in [1.29, 1.82) is 0 Å². The molecule has 0 radical (unpaired) electrons. The molecule has 5 nitrogen and oxygen atoms in total. The summed E-state index contributed by atoms with van der Waals surface area (Å²) >= 11 is 1.19. The predicted molar refractivity (Wildman–Crippen MR) is 94.5 cm³/mol. The zero-order valence-corrected chi connectivity index (χ0v) is 14.9. The largest absolute Gasteiger partial charge is 0.497 e. The number of benzene rings is 2. The fourth-order valence-electron chi connectivity index (χ4n) is 2.14. The average Bonchev–Trinajstić information content (AvgIpc) is 3.12. The van der Waals surface area contributed by atoms with Crippen LogP contribution in [0.1, 0.15) is 5.56 Å². The topological polar surface area (TPSA) is 68.3 Å². The van der Waals surface area contributed by atoms with Gasteiger partial charge < -0.3 is 4.74 Å². The van der Waals surface area contributed by atoms with E-state index in [1.54, 1.807) is 43.5 Å². The van der Waals surface area contributed by atoms with Crippen LogP contribution in [0.3, 0.4) is 0 Å². The minimum Gasteiger partial charge on any atom is -0.497 e. The van der Waals surface area contributed by atoms with Gasteiger partial charge in [-0.1, -0.05) is 12.1 Å². The van der Waals surface area contributed by atoms with Gasteiger partial charge in [-0.05, 0) is 42.0 Å². The summed E-state index contributed by atoms with van der Waals surface area (Å²) in [4.78, 5) is 4.15. The van der Waals surface area contributed by atoms with Crippen LogP contribution >= 0.6 is 11.3 Å². The quantitative estimate of drug-likeness (QED) is 0.713. The van der Waals surface area contributed by atoms with E-state index < -0.39 is 10.0 Å². The summed E-state index contributed by atoms with van der Waals surface area (Å²) in [6.07, 6.45) is 0. The summed E-state index contributed by atoms with van der Waals surface area (Å²) in [7, 11) is -2.19. The minimum absolute atomic E-state index is 0.0558. The summed E-state index contributed by atoms with van der Waals surface area (Å²) in [5, 5.41) is 1.92. The Morgan fingerprint density at radius 1 is 1.20 bits per heavy atom. The Bertz CT molecular complexity index is 970. The number of hydrogen-bond acceptors (Lipinski definition) is 5. The Morgan fingerprint density at radius 3 is 2.68 bits per heavy atom. The number of thiazole rings is 1. The molecule has 0 aliphatic heterocycles. The van der Waals surface area contributed by atoms with Crippen LogP contribution in [-0.4, -0.2) is 20.5 Å². The van der Waals surface area contributed by atoms with Crippen LogP contribution < -0.4 is 9.46 Å². The Hall–Kier alpha value is -2.29. The summed E-state index contributed by atoms with van der Waals surface area (Å²) in [5.74, 6) is 0.303. The normalized spacial score (nSPS) is 11.4. The van der Waals surface area contributed by atoms with Crippen LogP contribution in [-0.2, 0) is 16.6 Å². The molecule has 0 aliphatic carbocycles. The fraction of sp³-hybridized carbons (Fsp3) is 0.118. The molecule has 3 rings (SSSR count). The first-order valence-corrected chi connectivity index (χ1v) is 9.68. The lowest BCUT2D eigenvalue weighted by Crippen LogP contribution is -2.23. The second-order valence-corrected chi connectivity index (χ2v) is 7.75. The highest BCUT2D eigenvalue weighted by atomic mass is 32.2. The summed E-state index contributed by atoms with van der Waals surface area (Å²) in [6, 6.07) is 12.9. The maximum Gasteiger partial charge on any atom is 0.259 e. The first kappa shape index (κ1) is 17.5. The van der Waals surface area contributed by atoms with Crippen LogP contribution in [0.15, 0.2) is 58.9 Å². The van der Waals surface area contributed by atoms with E-state index in [0.29, 0.717) is 16.3 Å². The second-order valence-electron chi connectivity index (χ2n) is 5.17. The molecule has 1 aromatic heterocycles. The standard InChI is InChI=1S/C17H15FN2O3S2/c1-23-15-4-2-3-12(9-15)10-19-25(21,22)16-11-24-17(20-16)13-5-7-14(18)8-6-13/h2-9,11,19H,10H2,1H3. The van der Waals surface area contributed by atoms with E-state index in [-0.39, 0.29) is 17.4 Å². The van der Waals surface area contributed by atoms with Gasteiger partial charge >= 0.3 is 0 Å². The Morgan fingerprint density at radius 2 is 1.96 bits per heavy atom. The second kappa shape index (κ2) is 7.30. The van der Waals surface area contributed by atoms with E-state index in [1.807, 2.05) is 0 Å². The number of ether oxygens (including phenoxy) is 1. The molecule has 130 valence electrons. The van der Waals surface area contributed by atoms with Gasteiger partial charge in [0.1, 0.15) is 16.6 Å². The van der Waals surface area contributed by atoms with Gasteiger partial charge in [0.2, 0.25) is 0 Å². The third-order valence-corrected chi connectivity index (χ3v) is 5.77. The summed E-state index contributed by atoms with van der Waals surface area (Å²) in [6.45, 7) is 0.128. The smallest absolute Gasteiger partial charge is 0.259 e. The minimum atomic E-state index is -3.74. The molecule has 1 N–H and O–H groups in total. The highest BCUT2D eigenvalue weighted by molar-refractivity contribution is 7.89. The average molecular weight is 378 g/mol. The van der Waals surface area contributed by atoms with Crippen LogP contribution in [0.2, 0.25) is 0 Å². The number of nitrogens with one attached hydrogen (secondary N) is 1. The molecule has 0 bridgehead atoms. The van der Waals surface area contributed by atoms with Gasteiger partial charge in [0, 0.05) is 17.5 Å². The van der Waals surface area contributed by atoms with Crippen LogP contribution in [0.5, 0.6) is 5.75 Å². The van der Waals surface area contributed by atoms with Crippen molar-refractivity contribution in [2.75, 3.05) is 7.11 Å². The first-order chi connectivity index (χ1) is 12.0. The van der Waals surface area contributed by atoms with Gasteiger partial charge in [0.15, 0.2) is 5.03 Å². The van der Waals surface area contributed by atoms with E-state index in [4.69, 9.17) is 4.74 Å². The summed E-state index contributed by atoms with van der Waals surface area (Å²) < 4.78 is 45.4. The molecule has 2 aromatic carbocycles. The molecule has 0 spiro atoms.